The van der Waals surface area contributed by atoms with Crippen LogP contribution in [0.2, 0.25) is 0 Å². The maximum Gasteiger partial charge on any atom is 0.254 e. The van der Waals surface area contributed by atoms with Crippen molar-refractivity contribution in [2.75, 3.05) is 25.0 Å². The van der Waals surface area contributed by atoms with Crippen molar-refractivity contribution in [1.82, 2.24) is 25.5 Å². The highest BCUT2D eigenvalue weighted by Crippen LogP contribution is 2.19. The summed E-state index contributed by atoms with van der Waals surface area (Å²) in [6.07, 6.45) is -0.558. The van der Waals surface area contributed by atoms with Gasteiger partial charge in [0.05, 0.1) is 6.61 Å². The Hall–Kier alpha value is -2.10. The third-order valence-electron chi connectivity index (χ3n) is 3.29. The SMILES string of the molecule is Cc1nnnn1-c1cc(NC(=O)C2CNCCO2)ccc1F.Cl. The van der Waals surface area contributed by atoms with E-state index in [-0.39, 0.29) is 24.0 Å². The molecule has 2 heterocycles. The van der Waals surface area contributed by atoms with Gasteiger partial charge in [0.25, 0.3) is 5.91 Å². The molecule has 2 aromatic rings. The van der Waals surface area contributed by atoms with E-state index >= 15 is 0 Å². The second kappa shape index (κ2) is 7.44. The number of ether oxygens (including phenoxy) is 1. The second-order valence-electron chi connectivity index (χ2n) is 4.86. The van der Waals surface area contributed by atoms with Gasteiger partial charge in [0.2, 0.25) is 0 Å². The zero-order valence-electron chi connectivity index (χ0n) is 12.3. The number of hydrogen-bond donors (Lipinski definition) is 2. The normalized spacial score (nSPS) is 17.4. The maximum absolute atomic E-state index is 13.9. The first-order chi connectivity index (χ1) is 10.6. The van der Waals surface area contributed by atoms with Gasteiger partial charge < -0.3 is 15.4 Å². The van der Waals surface area contributed by atoms with Gasteiger partial charge in [0, 0.05) is 18.8 Å². The summed E-state index contributed by atoms with van der Waals surface area (Å²) < 4.78 is 20.6. The van der Waals surface area contributed by atoms with Crippen molar-refractivity contribution < 1.29 is 13.9 Å². The molecule has 2 N–H and O–H groups in total. The molecule has 10 heteroatoms. The molecule has 1 saturated heterocycles. The highest BCUT2D eigenvalue weighted by molar-refractivity contribution is 5.94. The number of halogens is 2. The highest BCUT2D eigenvalue weighted by Gasteiger charge is 2.22. The number of anilines is 1. The van der Waals surface area contributed by atoms with Gasteiger partial charge in [-0.1, -0.05) is 0 Å². The fraction of sp³-hybridized carbons (Fsp3) is 0.385. The Labute approximate surface area is 137 Å². The Balaban J connectivity index is 0.00000192. The Morgan fingerprint density at radius 1 is 1.52 bits per heavy atom. The molecule has 1 unspecified atom stereocenters. The lowest BCUT2D eigenvalue weighted by Gasteiger charge is -2.22. The van der Waals surface area contributed by atoms with E-state index in [4.69, 9.17) is 4.74 Å². The maximum atomic E-state index is 13.9. The summed E-state index contributed by atoms with van der Waals surface area (Å²) in [6, 6.07) is 4.21. The number of nitrogens with zero attached hydrogens (tertiary/aromatic N) is 4. The van der Waals surface area contributed by atoms with Crippen molar-refractivity contribution in [3.8, 4) is 5.69 Å². The molecule has 1 amide bonds. The Morgan fingerprint density at radius 2 is 2.35 bits per heavy atom. The van der Waals surface area contributed by atoms with Crippen molar-refractivity contribution >= 4 is 24.0 Å². The van der Waals surface area contributed by atoms with Crippen LogP contribution in [0.5, 0.6) is 0 Å². The molecule has 0 saturated carbocycles. The van der Waals surface area contributed by atoms with Crippen molar-refractivity contribution in [2.45, 2.75) is 13.0 Å². The molecule has 3 rings (SSSR count). The molecule has 1 atom stereocenters. The number of rotatable bonds is 3. The molecule has 23 heavy (non-hydrogen) atoms. The van der Waals surface area contributed by atoms with Gasteiger partial charge in [-0.3, -0.25) is 4.79 Å². The lowest BCUT2D eigenvalue weighted by atomic mass is 10.2. The lowest BCUT2D eigenvalue weighted by molar-refractivity contribution is -0.128. The van der Waals surface area contributed by atoms with E-state index in [1.165, 1.54) is 22.9 Å². The highest BCUT2D eigenvalue weighted by atomic mass is 35.5. The van der Waals surface area contributed by atoms with E-state index in [0.717, 1.165) is 6.54 Å². The number of tetrazole rings is 1. The van der Waals surface area contributed by atoms with Gasteiger partial charge in [0.15, 0.2) is 5.82 Å². The Morgan fingerprint density at radius 3 is 3.00 bits per heavy atom. The monoisotopic (exact) mass is 342 g/mol. The molecule has 0 radical (unpaired) electrons. The number of aromatic nitrogens is 4. The van der Waals surface area contributed by atoms with Crippen LogP contribution in [-0.2, 0) is 9.53 Å². The molecular formula is C13H16ClFN6O2. The zero-order chi connectivity index (χ0) is 15.5. The third-order valence-corrected chi connectivity index (χ3v) is 3.29. The minimum Gasteiger partial charge on any atom is -0.366 e. The van der Waals surface area contributed by atoms with Crippen LogP contribution in [0.15, 0.2) is 18.2 Å². The fourth-order valence-electron chi connectivity index (χ4n) is 2.16. The fourth-order valence-corrected chi connectivity index (χ4v) is 2.16. The average Bonchev–Trinajstić information content (AvgIpc) is 2.96. The molecule has 8 nitrogen and oxygen atoms in total. The minimum absolute atomic E-state index is 0. The lowest BCUT2D eigenvalue weighted by Crippen LogP contribution is -2.45. The van der Waals surface area contributed by atoms with Crippen LogP contribution < -0.4 is 10.6 Å². The van der Waals surface area contributed by atoms with Crippen LogP contribution in [-0.4, -0.2) is 51.9 Å². The number of nitrogens with one attached hydrogen (secondary N) is 2. The van der Waals surface area contributed by atoms with Gasteiger partial charge in [-0.25, -0.2) is 4.39 Å². The summed E-state index contributed by atoms with van der Waals surface area (Å²) >= 11 is 0. The van der Waals surface area contributed by atoms with Crippen LogP contribution in [0.4, 0.5) is 10.1 Å². The van der Waals surface area contributed by atoms with Crippen molar-refractivity contribution in [1.29, 1.82) is 0 Å². The third kappa shape index (κ3) is 3.81. The van der Waals surface area contributed by atoms with Crippen LogP contribution in [0.3, 0.4) is 0 Å². The second-order valence-corrected chi connectivity index (χ2v) is 4.86. The van der Waals surface area contributed by atoms with Crippen LogP contribution in [0.1, 0.15) is 5.82 Å². The molecule has 1 fully saturated rings. The van der Waals surface area contributed by atoms with Crippen molar-refractivity contribution in [3.05, 3.63) is 29.8 Å². The number of hydrogen-bond acceptors (Lipinski definition) is 6. The van der Waals surface area contributed by atoms with E-state index in [2.05, 4.69) is 26.2 Å². The molecule has 1 aromatic heterocycles. The molecule has 1 aliphatic rings. The number of carbonyl (C=O) groups is 1. The molecular weight excluding hydrogens is 327 g/mol. The van der Waals surface area contributed by atoms with Crippen molar-refractivity contribution in [2.24, 2.45) is 0 Å². The Bertz CT molecular complexity index is 689. The number of morpholine rings is 1. The predicted molar refractivity (Wildman–Crippen MR) is 82.3 cm³/mol. The number of amides is 1. The van der Waals surface area contributed by atoms with Gasteiger partial charge in [0.1, 0.15) is 17.6 Å². The Kier molecular flexibility index (Phi) is 5.59. The summed E-state index contributed by atoms with van der Waals surface area (Å²) in [5, 5.41) is 16.7. The summed E-state index contributed by atoms with van der Waals surface area (Å²) in [4.78, 5) is 12.1. The number of benzene rings is 1. The van der Waals surface area contributed by atoms with Crippen LogP contribution >= 0.6 is 12.4 Å². The zero-order valence-corrected chi connectivity index (χ0v) is 13.1. The van der Waals surface area contributed by atoms with Crippen molar-refractivity contribution in [3.63, 3.8) is 0 Å². The molecule has 0 aliphatic carbocycles. The first-order valence-corrected chi connectivity index (χ1v) is 6.83. The minimum atomic E-state index is -0.558. The molecule has 124 valence electrons. The first kappa shape index (κ1) is 17.3. The van der Waals surface area contributed by atoms with Gasteiger partial charge in [-0.2, -0.15) is 4.68 Å². The molecule has 0 spiro atoms. The number of carbonyl (C=O) groups excluding carboxylic acids is 1. The molecule has 1 aliphatic heterocycles. The molecule has 1 aromatic carbocycles. The number of aryl methyl sites for hydroxylation is 1. The summed E-state index contributed by atoms with van der Waals surface area (Å²) in [7, 11) is 0. The first-order valence-electron chi connectivity index (χ1n) is 6.83. The van der Waals surface area contributed by atoms with E-state index in [1.807, 2.05) is 0 Å². The smallest absolute Gasteiger partial charge is 0.254 e. The van der Waals surface area contributed by atoms with E-state index in [0.29, 0.717) is 24.7 Å². The predicted octanol–water partition coefficient (Wildman–Crippen LogP) is 0.459. The van der Waals surface area contributed by atoms with Gasteiger partial charge in [-0.15, -0.1) is 17.5 Å². The van der Waals surface area contributed by atoms with Gasteiger partial charge in [-0.05, 0) is 35.5 Å². The van der Waals surface area contributed by atoms with Crippen LogP contribution in [0.25, 0.3) is 5.69 Å². The summed E-state index contributed by atoms with van der Waals surface area (Å²) in [5.74, 6) is -0.315. The van der Waals surface area contributed by atoms with Crippen LogP contribution in [0, 0.1) is 12.7 Å². The van der Waals surface area contributed by atoms with E-state index in [1.54, 1.807) is 6.92 Å². The standard InChI is InChI=1S/C13H15FN6O2.ClH/c1-8-17-18-19-20(8)11-6-9(2-3-10(11)14)16-13(21)12-7-15-4-5-22-12;/h2-3,6,12,15H,4-5,7H2,1H3,(H,16,21);1H. The molecule has 0 bridgehead atoms. The summed E-state index contributed by atoms with van der Waals surface area (Å²) in [5.41, 5.74) is 0.619. The largest absolute Gasteiger partial charge is 0.366 e. The van der Waals surface area contributed by atoms with E-state index < -0.39 is 11.9 Å². The summed E-state index contributed by atoms with van der Waals surface area (Å²) in [6.45, 7) is 3.32. The van der Waals surface area contributed by atoms with Gasteiger partial charge >= 0.3 is 0 Å². The topological polar surface area (TPSA) is 94.0 Å². The van der Waals surface area contributed by atoms with E-state index in [9.17, 15) is 9.18 Å². The quantitative estimate of drug-likeness (QED) is 0.841. The average molecular weight is 343 g/mol.